The SMILES string of the molecule is Cc1ccc(C2CC3=C(CC(C)(C)CC3=O)O2)cc1. The molecule has 1 atom stereocenters. The number of carbonyl (C=O) groups excluding carboxylic acids is 1. The predicted octanol–water partition coefficient (Wildman–Crippen LogP) is 4.10. The highest BCUT2D eigenvalue weighted by Gasteiger charge is 2.39. The third-order valence-corrected chi connectivity index (χ3v) is 4.07. The molecule has 1 aromatic carbocycles. The number of ketones is 1. The average Bonchev–Trinajstić information content (AvgIpc) is 2.72. The van der Waals surface area contributed by atoms with Crippen LogP contribution in [0.25, 0.3) is 0 Å². The first-order valence-corrected chi connectivity index (χ1v) is 6.93. The van der Waals surface area contributed by atoms with Crippen LogP contribution in [-0.2, 0) is 9.53 Å². The van der Waals surface area contributed by atoms with Crippen LogP contribution in [0.3, 0.4) is 0 Å². The van der Waals surface area contributed by atoms with E-state index in [-0.39, 0.29) is 17.3 Å². The summed E-state index contributed by atoms with van der Waals surface area (Å²) in [4.78, 5) is 12.2. The first-order valence-electron chi connectivity index (χ1n) is 6.93. The van der Waals surface area contributed by atoms with E-state index in [0.29, 0.717) is 6.42 Å². The Bertz CT molecular complexity index is 549. The molecule has 19 heavy (non-hydrogen) atoms. The van der Waals surface area contributed by atoms with Crippen molar-refractivity contribution in [3.05, 3.63) is 46.7 Å². The molecule has 1 aromatic rings. The molecule has 100 valence electrons. The lowest BCUT2D eigenvalue weighted by Gasteiger charge is -2.28. The van der Waals surface area contributed by atoms with Crippen LogP contribution in [0, 0.1) is 12.3 Å². The minimum Gasteiger partial charge on any atom is -0.489 e. The zero-order chi connectivity index (χ0) is 13.6. The fourth-order valence-corrected chi connectivity index (χ4v) is 3.01. The number of Topliss-reactive ketones (excluding diaryl/α,β-unsaturated/α-hetero) is 1. The molecule has 0 amide bonds. The van der Waals surface area contributed by atoms with E-state index in [1.165, 1.54) is 11.1 Å². The first kappa shape index (κ1) is 12.5. The van der Waals surface area contributed by atoms with Crippen molar-refractivity contribution in [2.24, 2.45) is 5.41 Å². The van der Waals surface area contributed by atoms with Gasteiger partial charge in [-0.2, -0.15) is 0 Å². The van der Waals surface area contributed by atoms with Gasteiger partial charge in [0.05, 0.1) is 0 Å². The predicted molar refractivity (Wildman–Crippen MR) is 74.7 cm³/mol. The minimum absolute atomic E-state index is 0.0310. The van der Waals surface area contributed by atoms with Gasteiger partial charge < -0.3 is 4.74 Å². The summed E-state index contributed by atoms with van der Waals surface area (Å²) in [5, 5.41) is 0. The topological polar surface area (TPSA) is 26.3 Å². The summed E-state index contributed by atoms with van der Waals surface area (Å²) < 4.78 is 6.06. The molecule has 2 aliphatic rings. The summed E-state index contributed by atoms with van der Waals surface area (Å²) >= 11 is 0. The van der Waals surface area contributed by atoms with Gasteiger partial charge in [-0.25, -0.2) is 0 Å². The lowest BCUT2D eigenvalue weighted by Crippen LogP contribution is -2.24. The molecule has 3 rings (SSSR count). The first-order chi connectivity index (χ1) is 8.94. The summed E-state index contributed by atoms with van der Waals surface area (Å²) in [5.41, 5.74) is 3.39. The molecule has 1 aliphatic carbocycles. The molecular formula is C17H20O2. The van der Waals surface area contributed by atoms with Gasteiger partial charge in [0.25, 0.3) is 0 Å². The van der Waals surface area contributed by atoms with E-state index in [9.17, 15) is 4.79 Å². The fourth-order valence-electron chi connectivity index (χ4n) is 3.01. The fraction of sp³-hybridized carbons (Fsp3) is 0.471. The highest BCUT2D eigenvalue weighted by molar-refractivity contribution is 5.97. The van der Waals surface area contributed by atoms with Crippen molar-refractivity contribution >= 4 is 5.78 Å². The number of carbonyl (C=O) groups is 1. The molecule has 2 nitrogen and oxygen atoms in total. The van der Waals surface area contributed by atoms with Crippen LogP contribution in [0.15, 0.2) is 35.6 Å². The van der Waals surface area contributed by atoms with Crippen molar-refractivity contribution in [1.82, 2.24) is 0 Å². The molecule has 0 bridgehead atoms. The van der Waals surface area contributed by atoms with E-state index in [0.717, 1.165) is 24.2 Å². The summed E-state index contributed by atoms with van der Waals surface area (Å²) in [7, 11) is 0. The van der Waals surface area contributed by atoms with Gasteiger partial charge in [-0.3, -0.25) is 4.79 Å². The summed E-state index contributed by atoms with van der Waals surface area (Å²) in [6.45, 7) is 6.35. The zero-order valence-electron chi connectivity index (χ0n) is 11.8. The highest BCUT2D eigenvalue weighted by Crippen LogP contribution is 2.46. The number of ether oxygens (including phenoxy) is 1. The van der Waals surface area contributed by atoms with Gasteiger partial charge in [-0.15, -0.1) is 0 Å². The molecule has 0 fully saturated rings. The van der Waals surface area contributed by atoms with E-state index in [2.05, 4.69) is 45.0 Å². The molecule has 0 N–H and O–H groups in total. The molecule has 0 saturated heterocycles. The molecule has 2 heteroatoms. The number of allylic oxidation sites excluding steroid dienone is 1. The molecule has 0 radical (unpaired) electrons. The van der Waals surface area contributed by atoms with Gasteiger partial charge in [0.2, 0.25) is 0 Å². The maximum absolute atomic E-state index is 12.2. The smallest absolute Gasteiger partial charge is 0.162 e. The molecule has 0 spiro atoms. The maximum Gasteiger partial charge on any atom is 0.162 e. The summed E-state index contributed by atoms with van der Waals surface area (Å²) in [6, 6.07) is 8.41. The van der Waals surface area contributed by atoms with Crippen molar-refractivity contribution in [2.75, 3.05) is 0 Å². The molecule has 1 unspecified atom stereocenters. The zero-order valence-corrected chi connectivity index (χ0v) is 11.8. The molecule has 1 heterocycles. The van der Waals surface area contributed by atoms with Crippen molar-refractivity contribution < 1.29 is 9.53 Å². The maximum atomic E-state index is 12.2. The Hall–Kier alpha value is -1.57. The van der Waals surface area contributed by atoms with E-state index in [4.69, 9.17) is 4.74 Å². The van der Waals surface area contributed by atoms with Crippen molar-refractivity contribution in [1.29, 1.82) is 0 Å². The lowest BCUT2D eigenvalue weighted by molar-refractivity contribution is -0.118. The van der Waals surface area contributed by atoms with Gasteiger partial charge >= 0.3 is 0 Å². The van der Waals surface area contributed by atoms with Gasteiger partial charge in [0.15, 0.2) is 5.78 Å². The lowest BCUT2D eigenvalue weighted by atomic mass is 9.76. The minimum atomic E-state index is 0.0310. The quantitative estimate of drug-likeness (QED) is 0.756. The second-order valence-electron chi connectivity index (χ2n) is 6.56. The highest BCUT2D eigenvalue weighted by atomic mass is 16.5. The monoisotopic (exact) mass is 256 g/mol. The van der Waals surface area contributed by atoms with Crippen molar-refractivity contribution in [3.8, 4) is 0 Å². The van der Waals surface area contributed by atoms with Crippen LogP contribution in [-0.4, -0.2) is 5.78 Å². The van der Waals surface area contributed by atoms with Crippen LogP contribution >= 0.6 is 0 Å². The Morgan fingerprint density at radius 2 is 1.84 bits per heavy atom. The molecule has 0 saturated carbocycles. The van der Waals surface area contributed by atoms with E-state index < -0.39 is 0 Å². The standard InChI is InChI=1S/C17H20O2/c1-11-4-6-12(7-5-11)15-8-13-14(18)9-17(2,3)10-16(13)19-15/h4-7,15H,8-10H2,1-3H3. The van der Waals surface area contributed by atoms with Gasteiger partial charge in [0.1, 0.15) is 11.9 Å². The van der Waals surface area contributed by atoms with Crippen molar-refractivity contribution in [3.63, 3.8) is 0 Å². The van der Waals surface area contributed by atoms with Gasteiger partial charge in [-0.05, 0) is 17.9 Å². The Labute approximate surface area is 114 Å². The van der Waals surface area contributed by atoms with Crippen molar-refractivity contribution in [2.45, 2.75) is 46.1 Å². The van der Waals surface area contributed by atoms with Crippen LogP contribution in [0.2, 0.25) is 0 Å². The van der Waals surface area contributed by atoms with Crippen LogP contribution in [0.1, 0.15) is 50.3 Å². The van der Waals surface area contributed by atoms with E-state index in [1.807, 2.05) is 0 Å². The third kappa shape index (κ3) is 2.32. The van der Waals surface area contributed by atoms with Crippen LogP contribution < -0.4 is 0 Å². The number of aryl methyl sites for hydroxylation is 1. The Kier molecular flexibility index (Phi) is 2.77. The van der Waals surface area contributed by atoms with Crippen LogP contribution in [0.5, 0.6) is 0 Å². The molecule has 1 aliphatic heterocycles. The normalized spacial score (nSPS) is 25.2. The van der Waals surface area contributed by atoms with Gasteiger partial charge in [0, 0.05) is 24.8 Å². The second-order valence-corrected chi connectivity index (χ2v) is 6.56. The van der Waals surface area contributed by atoms with E-state index >= 15 is 0 Å². The van der Waals surface area contributed by atoms with Gasteiger partial charge in [-0.1, -0.05) is 43.7 Å². The third-order valence-electron chi connectivity index (χ3n) is 4.07. The summed E-state index contributed by atoms with van der Waals surface area (Å²) in [6.07, 6.45) is 2.31. The molecule has 0 aromatic heterocycles. The van der Waals surface area contributed by atoms with Crippen LogP contribution in [0.4, 0.5) is 0 Å². The Morgan fingerprint density at radius 1 is 1.16 bits per heavy atom. The number of benzene rings is 1. The van der Waals surface area contributed by atoms with E-state index in [1.54, 1.807) is 0 Å². The Morgan fingerprint density at radius 3 is 2.53 bits per heavy atom. The Balaban J connectivity index is 1.83. The number of hydrogen-bond acceptors (Lipinski definition) is 2. The second kappa shape index (κ2) is 4.22. The largest absolute Gasteiger partial charge is 0.489 e. The number of hydrogen-bond donors (Lipinski definition) is 0. The summed E-state index contributed by atoms with van der Waals surface area (Å²) in [5.74, 6) is 1.22. The molecular weight excluding hydrogens is 236 g/mol. The average molecular weight is 256 g/mol. The number of rotatable bonds is 1.